The first-order chi connectivity index (χ1) is 14.6. The maximum absolute atomic E-state index is 13.8. The highest BCUT2D eigenvalue weighted by Crippen LogP contribution is 2.38. The predicted molar refractivity (Wildman–Crippen MR) is 109 cm³/mol. The molecule has 0 saturated carbocycles. The molecular weight excluding hydrogens is 434 g/mol. The van der Waals surface area contributed by atoms with Crippen molar-refractivity contribution in [3.05, 3.63) is 81.8 Å². The van der Waals surface area contributed by atoms with Gasteiger partial charge in [0.25, 0.3) is 0 Å². The van der Waals surface area contributed by atoms with Gasteiger partial charge in [-0.3, -0.25) is 0 Å². The van der Waals surface area contributed by atoms with Crippen molar-refractivity contribution in [1.29, 1.82) is 0 Å². The third-order valence-electron chi connectivity index (χ3n) is 4.76. The Balaban J connectivity index is 1.82. The van der Waals surface area contributed by atoms with Gasteiger partial charge in [-0.15, -0.1) is 0 Å². The predicted octanol–water partition coefficient (Wildman–Crippen LogP) is 6.43. The SMILES string of the molecule is Cc1ccc(-n2nc(C)c3c(C(F)(F)F)cc(OCc4ccc(F)cc4Cl)nc32)cc1. The van der Waals surface area contributed by atoms with Gasteiger partial charge in [0, 0.05) is 11.6 Å². The number of ether oxygens (including phenoxy) is 1. The van der Waals surface area contributed by atoms with E-state index in [-0.39, 0.29) is 34.2 Å². The van der Waals surface area contributed by atoms with Crippen LogP contribution in [0.2, 0.25) is 5.02 Å². The standard InChI is InChI=1S/C22H16ClF4N3O/c1-12-3-7-16(8-4-12)30-21-20(13(2)29-30)17(22(25,26)27)10-19(28-21)31-11-14-5-6-15(24)9-18(14)23/h3-10H,11H2,1-2H3. The van der Waals surface area contributed by atoms with E-state index in [9.17, 15) is 17.6 Å². The Kier molecular flexibility index (Phi) is 5.35. The van der Waals surface area contributed by atoms with E-state index in [2.05, 4.69) is 10.1 Å². The van der Waals surface area contributed by atoms with Crippen molar-refractivity contribution in [2.24, 2.45) is 0 Å². The lowest BCUT2D eigenvalue weighted by Gasteiger charge is -2.13. The van der Waals surface area contributed by atoms with Crippen molar-refractivity contribution in [1.82, 2.24) is 14.8 Å². The molecule has 0 saturated heterocycles. The molecule has 0 spiro atoms. The zero-order valence-electron chi connectivity index (χ0n) is 16.5. The normalized spacial score (nSPS) is 11.8. The second-order valence-corrected chi connectivity index (χ2v) is 7.47. The molecule has 0 bridgehead atoms. The van der Waals surface area contributed by atoms with Crippen LogP contribution in [-0.2, 0) is 12.8 Å². The van der Waals surface area contributed by atoms with Gasteiger partial charge in [-0.1, -0.05) is 35.4 Å². The highest BCUT2D eigenvalue weighted by atomic mass is 35.5. The van der Waals surface area contributed by atoms with Gasteiger partial charge in [0.15, 0.2) is 5.65 Å². The number of hydrogen-bond acceptors (Lipinski definition) is 3. The summed E-state index contributed by atoms with van der Waals surface area (Å²) in [4.78, 5) is 4.29. The largest absolute Gasteiger partial charge is 0.473 e. The van der Waals surface area contributed by atoms with Gasteiger partial charge in [0.2, 0.25) is 5.88 Å². The van der Waals surface area contributed by atoms with Crippen LogP contribution in [0.5, 0.6) is 5.88 Å². The minimum absolute atomic E-state index is 0.0244. The van der Waals surface area contributed by atoms with E-state index in [4.69, 9.17) is 16.3 Å². The summed E-state index contributed by atoms with van der Waals surface area (Å²) in [5, 5.41) is 4.29. The first-order valence-electron chi connectivity index (χ1n) is 9.25. The first-order valence-corrected chi connectivity index (χ1v) is 9.62. The van der Waals surface area contributed by atoms with Gasteiger partial charge in [0.05, 0.1) is 27.4 Å². The smallest absolute Gasteiger partial charge is 0.417 e. The number of pyridine rings is 1. The second-order valence-electron chi connectivity index (χ2n) is 7.06. The van der Waals surface area contributed by atoms with Crippen LogP contribution in [0.4, 0.5) is 17.6 Å². The van der Waals surface area contributed by atoms with Crippen molar-refractivity contribution >= 4 is 22.6 Å². The zero-order chi connectivity index (χ0) is 22.3. The summed E-state index contributed by atoms with van der Waals surface area (Å²) in [5.74, 6) is -0.765. The number of hydrogen-bond donors (Lipinski definition) is 0. The maximum atomic E-state index is 13.8. The average Bonchev–Trinajstić information content (AvgIpc) is 3.03. The molecule has 0 aliphatic heterocycles. The van der Waals surface area contributed by atoms with Crippen LogP contribution in [0.3, 0.4) is 0 Å². The van der Waals surface area contributed by atoms with Crippen molar-refractivity contribution in [2.75, 3.05) is 0 Å². The first kappa shape index (κ1) is 21.1. The number of benzene rings is 2. The topological polar surface area (TPSA) is 39.9 Å². The molecule has 31 heavy (non-hydrogen) atoms. The van der Waals surface area contributed by atoms with Crippen LogP contribution in [0.15, 0.2) is 48.5 Å². The molecule has 2 heterocycles. The van der Waals surface area contributed by atoms with Crippen LogP contribution in [0, 0.1) is 19.7 Å². The van der Waals surface area contributed by atoms with Crippen molar-refractivity contribution in [3.8, 4) is 11.6 Å². The van der Waals surface area contributed by atoms with Gasteiger partial charge in [-0.2, -0.15) is 23.3 Å². The summed E-state index contributed by atoms with van der Waals surface area (Å²) in [6.07, 6.45) is -4.64. The van der Waals surface area contributed by atoms with E-state index >= 15 is 0 Å². The molecule has 0 N–H and O–H groups in total. The fraction of sp³-hybridized carbons (Fsp3) is 0.182. The van der Waals surface area contributed by atoms with E-state index < -0.39 is 17.6 Å². The van der Waals surface area contributed by atoms with E-state index in [1.165, 1.54) is 23.7 Å². The number of nitrogens with zero attached hydrogens (tertiary/aromatic N) is 3. The van der Waals surface area contributed by atoms with Crippen LogP contribution in [0.1, 0.15) is 22.4 Å². The quantitative estimate of drug-likeness (QED) is 0.337. The second kappa shape index (κ2) is 7.85. The molecule has 0 aliphatic rings. The highest BCUT2D eigenvalue weighted by molar-refractivity contribution is 6.31. The van der Waals surface area contributed by atoms with E-state index in [0.717, 1.165) is 17.7 Å². The molecule has 4 rings (SSSR count). The molecule has 9 heteroatoms. The fourth-order valence-electron chi connectivity index (χ4n) is 3.22. The summed E-state index contributed by atoms with van der Waals surface area (Å²) in [6.45, 7) is 3.23. The summed E-state index contributed by atoms with van der Waals surface area (Å²) in [7, 11) is 0. The number of aromatic nitrogens is 3. The molecule has 0 fully saturated rings. The number of halogens is 5. The van der Waals surface area contributed by atoms with E-state index in [1.807, 2.05) is 19.1 Å². The Bertz CT molecular complexity index is 1270. The van der Waals surface area contributed by atoms with Crippen LogP contribution >= 0.6 is 11.6 Å². The van der Waals surface area contributed by atoms with Gasteiger partial charge in [-0.05, 0) is 38.1 Å². The molecule has 2 aromatic heterocycles. The number of alkyl halides is 3. The summed E-state index contributed by atoms with van der Waals surface area (Å²) in [5.41, 5.74) is 1.32. The molecular formula is C22H16ClF4N3O. The average molecular weight is 450 g/mol. The molecule has 0 amide bonds. The van der Waals surface area contributed by atoms with Crippen LogP contribution in [-0.4, -0.2) is 14.8 Å². The third kappa shape index (κ3) is 4.20. The molecule has 0 unspecified atom stereocenters. The molecule has 0 aliphatic carbocycles. The summed E-state index contributed by atoms with van der Waals surface area (Å²) < 4.78 is 61.6. The molecule has 0 atom stereocenters. The fourth-order valence-corrected chi connectivity index (χ4v) is 3.44. The number of aryl methyl sites for hydroxylation is 2. The Morgan fingerprint density at radius 3 is 2.39 bits per heavy atom. The molecule has 4 aromatic rings. The van der Waals surface area contributed by atoms with Crippen LogP contribution < -0.4 is 4.74 Å². The van der Waals surface area contributed by atoms with Gasteiger partial charge in [0.1, 0.15) is 12.4 Å². The Hall–Kier alpha value is -3.13. The minimum Gasteiger partial charge on any atom is -0.473 e. The monoisotopic (exact) mass is 449 g/mol. The zero-order valence-corrected chi connectivity index (χ0v) is 17.2. The van der Waals surface area contributed by atoms with Gasteiger partial charge in [-0.25, -0.2) is 9.07 Å². The molecule has 2 aromatic carbocycles. The lowest BCUT2D eigenvalue weighted by atomic mass is 10.1. The Morgan fingerprint density at radius 1 is 1.03 bits per heavy atom. The van der Waals surface area contributed by atoms with Gasteiger partial charge < -0.3 is 4.74 Å². The van der Waals surface area contributed by atoms with Gasteiger partial charge >= 0.3 is 6.18 Å². The number of rotatable bonds is 4. The number of fused-ring (bicyclic) bond motifs is 1. The third-order valence-corrected chi connectivity index (χ3v) is 5.12. The maximum Gasteiger partial charge on any atom is 0.417 e. The summed E-state index contributed by atoms with van der Waals surface area (Å²) in [6, 6.07) is 11.7. The lowest BCUT2D eigenvalue weighted by Crippen LogP contribution is -2.09. The van der Waals surface area contributed by atoms with Crippen molar-refractivity contribution in [2.45, 2.75) is 26.6 Å². The molecule has 4 nitrogen and oxygen atoms in total. The van der Waals surface area contributed by atoms with Crippen molar-refractivity contribution < 1.29 is 22.3 Å². The van der Waals surface area contributed by atoms with Crippen LogP contribution in [0.25, 0.3) is 16.7 Å². The molecule has 160 valence electrons. The minimum atomic E-state index is -4.64. The Morgan fingerprint density at radius 2 is 1.74 bits per heavy atom. The van der Waals surface area contributed by atoms with Crippen molar-refractivity contribution in [3.63, 3.8) is 0 Å². The van der Waals surface area contributed by atoms with E-state index in [1.54, 1.807) is 12.1 Å². The molecule has 0 radical (unpaired) electrons. The highest BCUT2D eigenvalue weighted by Gasteiger charge is 2.36. The van der Waals surface area contributed by atoms with E-state index in [0.29, 0.717) is 11.3 Å². The Labute approximate surface area is 180 Å². The lowest BCUT2D eigenvalue weighted by molar-refractivity contribution is -0.136. The summed E-state index contributed by atoms with van der Waals surface area (Å²) >= 11 is 5.98.